The van der Waals surface area contributed by atoms with E-state index in [0.717, 1.165) is 12.1 Å². The van der Waals surface area contributed by atoms with Gasteiger partial charge in [0.1, 0.15) is 22.9 Å². The van der Waals surface area contributed by atoms with E-state index >= 15 is 0 Å². The van der Waals surface area contributed by atoms with Gasteiger partial charge in [-0.2, -0.15) is 0 Å². The van der Waals surface area contributed by atoms with Gasteiger partial charge in [0.05, 0.1) is 18.7 Å². The summed E-state index contributed by atoms with van der Waals surface area (Å²) >= 11 is 0. The van der Waals surface area contributed by atoms with E-state index < -0.39 is 29.3 Å². The maximum absolute atomic E-state index is 13.9. The van der Waals surface area contributed by atoms with Crippen LogP contribution in [-0.4, -0.2) is 41.5 Å². The Morgan fingerprint density at radius 2 is 1.72 bits per heavy atom. The van der Waals surface area contributed by atoms with Gasteiger partial charge in [0.25, 0.3) is 5.91 Å². The summed E-state index contributed by atoms with van der Waals surface area (Å²) < 4.78 is 37.7. The summed E-state index contributed by atoms with van der Waals surface area (Å²) in [5.41, 5.74) is -0.524. The monoisotopic (exact) mass is 450 g/mol. The molecule has 2 aromatic carbocycles. The number of carbonyl (C=O) groups excluding carboxylic acids is 2. The van der Waals surface area contributed by atoms with Crippen LogP contribution in [0.4, 0.5) is 14.5 Å². The van der Waals surface area contributed by atoms with E-state index in [4.69, 9.17) is 9.47 Å². The first-order valence-corrected chi connectivity index (χ1v) is 10.1. The van der Waals surface area contributed by atoms with Crippen molar-refractivity contribution in [2.24, 2.45) is 0 Å². The summed E-state index contributed by atoms with van der Waals surface area (Å²) in [6, 6.07) is 6.68. The molecular weight excluding hydrogens is 422 g/mol. The molecule has 2 rings (SSSR count). The fourth-order valence-corrected chi connectivity index (χ4v) is 2.64. The number of hydrogen-bond donors (Lipinski definition) is 3. The molecule has 9 heteroatoms. The lowest BCUT2D eigenvalue weighted by Crippen LogP contribution is -2.49. The third-order valence-electron chi connectivity index (χ3n) is 4.19. The highest BCUT2D eigenvalue weighted by molar-refractivity contribution is 6.05. The number of ether oxygens (including phenoxy) is 2. The van der Waals surface area contributed by atoms with E-state index in [2.05, 4.69) is 10.6 Å². The molecule has 2 aromatic rings. The maximum Gasteiger partial charge on any atom is 0.341 e. The zero-order chi connectivity index (χ0) is 24.1. The van der Waals surface area contributed by atoms with Crippen molar-refractivity contribution in [3.05, 3.63) is 59.2 Å². The van der Waals surface area contributed by atoms with Crippen molar-refractivity contribution in [1.29, 1.82) is 0 Å². The lowest BCUT2D eigenvalue weighted by atomic mass is 10.1. The minimum atomic E-state index is -1.66. The van der Waals surface area contributed by atoms with E-state index in [9.17, 15) is 23.5 Å². The van der Waals surface area contributed by atoms with Crippen LogP contribution in [0.5, 0.6) is 5.75 Å². The number of esters is 1. The highest BCUT2D eigenvalue weighted by Gasteiger charge is 2.28. The average molecular weight is 450 g/mol. The smallest absolute Gasteiger partial charge is 0.341 e. The number of anilines is 1. The van der Waals surface area contributed by atoms with Crippen LogP contribution < -0.4 is 15.4 Å². The second kappa shape index (κ2) is 10.1. The van der Waals surface area contributed by atoms with Gasteiger partial charge in [-0.1, -0.05) is 0 Å². The van der Waals surface area contributed by atoms with Crippen molar-refractivity contribution in [3.63, 3.8) is 0 Å². The van der Waals surface area contributed by atoms with E-state index in [0.29, 0.717) is 6.07 Å². The molecule has 1 unspecified atom stereocenters. The molecule has 0 radical (unpaired) electrons. The highest BCUT2D eigenvalue weighted by Crippen LogP contribution is 2.27. The van der Waals surface area contributed by atoms with Crippen molar-refractivity contribution < 1.29 is 33.0 Å². The van der Waals surface area contributed by atoms with Gasteiger partial charge < -0.3 is 25.2 Å². The van der Waals surface area contributed by atoms with Gasteiger partial charge in [0.2, 0.25) is 5.79 Å². The van der Waals surface area contributed by atoms with Gasteiger partial charge in [-0.05, 0) is 58.0 Å². The van der Waals surface area contributed by atoms with Gasteiger partial charge in [-0.25, -0.2) is 13.6 Å². The number of aliphatic hydroxyl groups is 1. The van der Waals surface area contributed by atoms with Gasteiger partial charge in [0, 0.05) is 24.2 Å². The van der Waals surface area contributed by atoms with Crippen LogP contribution in [0.2, 0.25) is 0 Å². The Morgan fingerprint density at radius 1 is 1.03 bits per heavy atom. The summed E-state index contributed by atoms with van der Waals surface area (Å²) in [6.07, 6.45) is 0. The molecule has 0 aliphatic heterocycles. The molecule has 0 saturated heterocycles. The standard InChI is InChI=1S/C23H28F2N2O5/c1-6-31-21(29)17-12-15(27-20(28)16-9-7-14(24)11-18(16)25)8-10-19(17)32-23(5,30)13-26-22(2,3)4/h7-12,26,30H,6,13H2,1-5H3,(H,27,28). The van der Waals surface area contributed by atoms with Crippen molar-refractivity contribution >= 4 is 17.6 Å². The molecule has 0 fully saturated rings. The summed E-state index contributed by atoms with van der Waals surface area (Å²) in [7, 11) is 0. The zero-order valence-corrected chi connectivity index (χ0v) is 18.7. The van der Waals surface area contributed by atoms with Crippen LogP contribution in [0, 0.1) is 11.6 Å². The number of carbonyl (C=O) groups is 2. The molecule has 1 atom stereocenters. The highest BCUT2D eigenvalue weighted by atomic mass is 19.1. The van der Waals surface area contributed by atoms with Crippen LogP contribution >= 0.6 is 0 Å². The van der Waals surface area contributed by atoms with Crippen LogP contribution in [0.25, 0.3) is 0 Å². The third kappa shape index (κ3) is 7.28. The Morgan fingerprint density at radius 3 is 2.31 bits per heavy atom. The van der Waals surface area contributed by atoms with Crippen molar-refractivity contribution in [2.45, 2.75) is 45.9 Å². The molecule has 0 aromatic heterocycles. The molecular formula is C23H28F2N2O5. The van der Waals surface area contributed by atoms with Crippen LogP contribution in [0.15, 0.2) is 36.4 Å². The molecule has 0 spiro atoms. The first kappa shape index (κ1) is 25.2. The second-order valence-corrected chi connectivity index (χ2v) is 8.39. The molecule has 0 saturated carbocycles. The SMILES string of the molecule is CCOC(=O)c1cc(NC(=O)c2ccc(F)cc2F)ccc1OC(C)(O)CNC(C)(C)C. The first-order chi connectivity index (χ1) is 14.8. The van der Waals surface area contributed by atoms with Gasteiger partial charge in [-0.3, -0.25) is 4.79 Å². The number of amides is 1. The number of rotatable bonds is 8. The molecule has 1 amide bonds. The summed E-state index contributed by atoms with van der Waals surface area (Å²) in [5, 5.41) is 16.2. The van der Waals surface area contributed by atoms with E-state index in [1.165, 1.54) is 25.1 Å². The quantitative estimate of drug-likeness (QED) is 0.417. The van der Waals surface area contributed by atoms with E-state index in [1.54, 1.807) is 6.92 Å². The molecule has 174 valence electrons. The predicted molar refractivity (Wildman–Crippen MR) is 116 cm³/mol. The summed E-state index contributed by atoms with van der Waals surface area (Å²) in [5.74, 6) is -5.00. The third-order valence-corrected chi connectivity index (χ3v) is 4.19. The molecule has 3 N–H and O–H groups in total. The van der Waals surface area contributed by atoms with E-state index in [-0.39, 0.29) is 41.3 Å². The Balaban J connectivity index is 2.29. The second-order valence-electron chi connectivity index (χ2n) is 8.39. The predicted octanol–water partition coefficient (Wildman–Crippen LogP) is 3.87. The number of β-amino-alcohol motifs (C(OH)–C–C–N with tert-alkyl or cyclic N) is 1. The number of nitrogens with one attached hydrogen (secondary N) is 2. The first-order valence-electron chi connectivity index (χ1n) is 10.1. The summed E-state index contributed by atoms with van der Waals surface area (Å²) in [4.78, 5) is 24.8. The fraction of sp³-hybridized carbons (Fsp3) is 0.391. The molecule has 32 heavy (non-hydrogen) atoms. The van der Waals surface area contributed by atoms with Gasteiger partial charge >= 0.3 is 5.97 Å². The Labute approximate surface area is 185 Å². The fourth-order valence-electron chi connectivity index (χ4n) is 2.64. The minimum Gasteiger partial charge on any atom is -0.462 e. The topological polar surface area (TPSA) is 96.9 Å². The van der Waals surface area contributed by atoms with Crippen molar-refractivity contribution in [1.82, 2.24) is 5.32 Å². The largest absolute Gasteiger partial charge is 0.462 e. The molecule has 0 bridgehead atoms. The van der Waals surface area contributed by atoms with Gasteiger partial charge in [-0.15, -0.1) is 0 Å². The van der Waals surface area contributed by atoms with Crippen molar-refractivity contribution in [2.75, 3.05) is 18.5 Å². The van der Waals surface area contributed by atoms with Crippen LogP contribution in [0.3, 0.4) is 0 Å². The van der Waals surface area contributed by atoms with Crippen molar-refractivity contribution in [3.8, 4) is 5.75 Å². The lowest BCUT2D eigenvalue weighted by molar-refractivity contribution is -0.121. The Kier molecular flexibility index (Phi) is 7.92. The maximum atomic E-state index is 13.9. The number of halogens is 2. The lowest BCUT2D eigenvalue weighted by Gasteiger charge is -2.30. The zero-order valence-electron chi connectivity index (χ0n) is 18.7. The summed E-state index contributed by atoms with van der Waals surface area (Å²) in [6.45, 7) is 9.01. The minimum absolute atomic E-state index is 0.0371. The molecule has 0 aliphatic carbocycles. The van der Waals surface area contributed by atoms with Gasteiger partial charge in [0.15, 0.2) is 0 Å². The van der Waals surface area contributed by atoms with E-state index in [1.807, 2.05) is 20.8 Å². The van der Waals surface area contributed by atoms with Crippen LogP contribution in [0.1, 0.15) is 55.3 Å². The number of benzene rings is 2. The Bertz CT molecular complexity index is 987. The molecule has 0 heterocycles. The molecule has 7 nitrogen and oxygen atoms in total. The molecule has 0 aliphatic rings. The van der Waals surface area contributed by atoms with Crippen LogP contribution in [-0.2, 0) is 4.74 Å². The number of hydrogen-bond acceptors (Lipinski definition) is 6. The Hall–Kier alpha value is -3.04. The normalized spacial score (nSPS) is 13.2. The average Bonchev–Trinajstić information content (AvgIpc) is 2.67.